The minimum atomic E-state index is -0.577. The Balaban J connectivity index is 1.38. The highest BCUT2D eigenvalue weighted by atomic mass is 19.1. The maximum absolute atomic E-state index is 14.9. The third-order valence-corrected chi connectivity index (χ3v) is 5.52. The molecule has 2 unspecified atom stereocenters. The third-order valence-electron chi connectivity index (χ3n) is 5.52. The molecular formula is C24H25FN4O4. The normalized spacial score (nSPS) is 19.5. The first kappa shape index (κ1) is 22.5. The lowest BCUT2D eigenvalue weighted by atomic mass is 10.0. The van der Waals surface area contributed by atoms with Gasteiger partial charge in [-0.3, -0.25) is 19.8 Å². The van der Waals surface area contributed by atoms with Gasteiger partial charge in [0.05, 0.1) is 18.8 Å². The zero-order valence-electron chi connectivity index (χ0n) is 18.1. The highest BCUT2D eigenvalue weighted by Crippen LogP contribution is 2.29. The number of ether oxygens (including phenoxy) is 1. The van der Waals surface area contributed by atoms with Crippen LogP contribution in [0.5, 0.6) is 0 Å². The molecule has 0 bridgehead atoms. The maximum Gasteiger partial charge on any atom is 0.414 e. The molecule has 0 saturated carbocycles. The Bertz CT molecular complexity index is 1090. The highest BCUT2D eigenvalue weighted by molar-refractivity contribution is 5.90. The summed E-state index contributed by atoms with van der Waals surface area (Å²) in [7, 11) is 0. The van der Waals surface area contributed by atoms with Crippen LogP contribution in [0.25, 0.3) is 11.1 Å². The number of halogens is 1. The zero-order valence-corrected chi connectivity index (χ0v) is 18.1. The van der Waals surface area contributed by atoms with Gasteiger partial charge in [-0.1, -0.05) is 36.4 Å². The van der Waals surface area contributed by atoms with E-state index < -0.39 is 18.0 Å². The maximum atomic E-state index is 14.9. The average Bonchev–Trinajstić information content (AvgIpc) is 3.46. The van der Waals surface area contributed by atoms with E-state index in [1.807, 2.05) is 24.3 Å². The molecule has 1 fully saturated rings. The van der Waals surface area contributed by atoms with Crippen LogP contribution in [0.2, 0.25) is 0 Å². The number of carbonyl (C=O) groups excluding carboxylic acids is 3. The summed E-state index contributed by atoms with van der Waals surface area (Å²) in [6.45, 7) is 2.89. The van der Waals surface area contributed by atoms with Gasteiger partial charge in [-0.15, -0.1) is 0 Å². The Labute approximate surface area is 190 Å². The van der Waals surface area contributed by atoms with Crippen molar-refractivity contribution in [1.82, 2.24) is 16.0 Å². The number of benzene rings is 2. The fraction of sp³-hybridized carbons (Fsp3) is 0.292. The van der Waals surface area contributed by atoms with Crippen LogP contribution in [-0.2, 0) is 20.9 Å². The third kappa shape index (κ3) is 5.38. The molecule has 4 rings (SSSR count). The van der Waals surface area contributed by atoms with Crippen LogP contribution in [0.1, 0.15) is 12.5 Å². The van der Waals surface area contributed by atoms with E-state index >= 15 is 0 Å². The molecule has 2 aromatic rings. The minimum Gasteiger partial charge on any atom is -0.442 e. The minimum absolute atomic E-state index is 0.0887. The summed E-state index contributed by atoms with van der Waals surface area (Å²) >= 11 is 0. The Kier molecular flexibility index (Phi) is 6.69. The van der Waals surface area contributed by atoms with Crippen molar-refractivity contribution in [3.05, 3.63) is 66.0 Å². The second kappa shape index (κ2) is 9.83. The lowest BCUT2D eigenvalue weighted by Crippen LogP contribution is -2.40. The van der Waals surface area contributed by atoms with Gasteiger partial charge in [0.15, 0.2) is 0 Å². The van der Waals surface area contributed by atoms with E-state index in [1.165, 1.54) is 17.9 Å². The summed E-state index contributed by atoms with van der Waals surface area (Å²) in [5.41, 5.74) is 2.37. The zero-order chi connectivity index (χ0) is 23.4. The molecule has 3 amide bonds. The number of hydrogen-bond donors (Lipinski definition) is 3. The monoisotopic (exact) mass is 452 g/mol. The van der Waals surface area contributed by atoms with Crippen molar-refractivity contribution < 1.29 is 23.5 Å². The molecule has 2 aromatic carbocycles. The van der Waals surface area contributed by atoms with Crippen molar-refractivity contribution in [2.75, 3.05) is 24.5 Å². The van der Waals surface area contributed by atoms with Crippen molar-refractivity contribution >= 4 is 23.6 Å². The number of cyclic esters (lactones) is 1. The van der Waals surface area contributed by atoms with Gasteiger partial charge in [-0.25, -0.2) is 9.18 Å². The average molecular weight is 452 g/mol. The van der Waals surface area contributed by atoms with Crippen molar-refractivity contribution in [1.29, 1.82) is 0 Å². The van der Waals surface area contributed by atoms with Crippen LogP contribution >= 0.6 is 0 Å². The van der Waals surface area contributed by atoms with Crippen LogP contribution in [0.15, 0.2) is 54.6 Å². The summed E-state index contributed by atoms with van der Waals surface area (Å²) < 4.78 is 20.1. The molecule has 2 heterocycles. The number of rotatable bonds is 7. The van der Waals surface area contributed by atoms with Crippen LogP contribution in [0.3, 0.4) is 0 Å². The van der Waals surface area contributed by atoms with Gasteiger partial charge in [-0.2, -0.15) is 0 Å². The largest absolute Gasteiger partial charge is 0.442 e. The lowest BCUT2D eigenvalue weighted by molar-refractivity contribution is -0.122. The smallest absolute Gasteiger partial charge is 0.414 e. The molecule has 1 saturated heterocycles. The Hall–Kier alpha value is -3.72. The van der Waals surface area contributed by atoms with E-state index in [0.717, 1.165) is 5.56 Å². The number of carbonyl (C=O) groups is 3. The predicted molar refractivity (Wildman–Crippen MR) is 121 cm³/mol. The van der Waals surface area contributed by atoms with E-state index in [9.17, 15) is 18.8 Å². The molecule has 33 heavy (non-hydrogen) atoms. The van der Waals surface area contributed by atoms with Crippen molar-refractivity contribution in [2.24, 2.45) is 0 Å². The molecule has 2 aliphatic heterocycles. The van der Waals surface area contributed by atoms with E-state index in [0.29, 0.717) is 29.9 Å². The van der Waals surface area contributed by atoms with E-state index in [1.54, 1.807) is 24.3 Å². The molecule has 0 aliphatic carbocycles. The van der Waals surface area contributed by atoms with Gasteiger partial charge in [-0.05, 0) is 29.3 Å². The quantitative estimate of drug-likeness (QED) is 0.559. The fourth-order valence-electron chi connectivity index (χ4n) is 3.75. The molecular weight excluding hydrogens is 427 g/mol. The second-order valence-corrected chi connectivity index (χ2v) is 7.95. The molecule has 9 heteroatoms. The van der Waals surface area contributed by atoms with Crippen molar-refractivity contribution in [2.45, 2.75) is 25.6 Å². The number of amides is 3. The number of hydrogen-bond acceptors (Lipinski definition) is 5. The topological polar surface area (TPSA) is 99.8 Å². The fourth-order valence-corrected chi connectivity index (χ4v) is 3.75. The van der Waals surface area contributed by atoms with Crippen molar-refractivity contribution in [3.8, 4) is 11.1 Å². The van der Waals surface area contributed by atoms with Crippen LogP contribution in [0, 0.1) is 5.82 Å². The van der Waals surface area contributed by atoms with Crippen LogP contribution in [0.4, 0.5) is 14.9 Å². The predicted octanol–water partition coefficient (Wildman–Crippen LogP) is 2.10. The first-order chi connectivity index (χ1) is 15.9. The molecule has 2 atom stereocenters. The number of nitrogens with one attached hydrogen (secondary N) is 3. The summed E-state index contributed by atoms with van der Waals surface area (Å²) in [5, 5.41) is 8.54. The van der Waals surface area contributed by atoms with E-state index in [2.05, 4.69) is 16.0 Å². The Morgan fingerprint density at radius 1 is 1.18 bits per heavy atom. The van der Waals surface area contributed by atoms with E-state index in [4.69, 9.17) is 4.74 Å². The Morgan fingerprint density at radius 3 is 2.64 bits per heavy atom. The summed E-state index contributed by atoms with van der Waals surface area (Å²) in [6.07, 6.45) is 2.68. The molecule has 0 spiro atoms. The van der Waals surface area contributed by atoms with Crippen LogP contribution in [-0.4, -0.2) is 49.7 Å². The summed E-state index contributed by atoms with van der Waals surface area (Å²) in [4.78, 5) is 36.6. The number of nitrogens with zero attached hydrogens (tertiary/aromatic N) is 1. The van der Waals surface area contributed by atoms with Gasteiger partial charge < -0.3 is 15.4 Å². The first-order valence-electron chi connectivity index (χ1n) is 10.7. The van der Waals surface area contributed by atoms with Crippen LogP contribution < -0.4 is 20.9 Å². The second-order valence-electron chi connectivity index (χ2n) is 7.95. The summed E-state index contributed by atoms with van der Waals surface area (Å²) in [5.74, 6) is -0.767. The van der Waals surface area contributed by atoms with Gasteiger partial charge in [0.1, 0.15) is 18.0 Å². The van der Waals surface area contributed by atoms with Crippen molar-refractivity contribution in [3.63, 3.8) is 0 Å². The standard InChI is InChI=1S/C24H25FN4O4/c1-15(30)27-13-19-14-29(24(32)33-19)18-8-9-20(21(25)11-18)17-6-4-16(5-7-17)12-28-23(31)22-3-2-10-26-22/h2-9,11,19,22,26H,10,12-14H2,1H3,(H,27,30)(H,28,31). The van der Waals surface area contributed by atoms with E-state index in [-0.39, 0.29) is 30.9 Å². The molecule has 0 aromatic heterocycles. The number of anilines is 1. The molecule has 0 radical (unpaired) electrons. The molecule has 3 N–H and O–H groups in total. The van der Waals surface area contributed by atoms with Gasteiger partial charge in [0.25, 0.3) is 0 Å². The summed E-state index contributed by atoms with van der Waals surface area (Å²) in [6, 6.07) is 11.5. The molecule has 2 aliphatic rings. The molecule has 8 nitrogen and oxygen atoms in total. The van der Waals surface area contributed by atoms with Gasteiger partial charge in [0.2, 0.25) is 11.8 Å². The lowest BCUT2D eigenvalue weighted by Gasteiger charge is -2.15. The molecule has 172 valence electrons. The SMILES string of the molecule is CC(=O)NCC1CN(c2ccc(-c3ccc(CNC(=O)C4C=CCN4)cc3)c(F)c2)C(=O)O1. The van der Waals surface area contributed by atoms with Gasteiger partial charge in [0, 0.05) is 25.6 Å². The highest BCUT2D eigenvalue weighted by Gasteiger charge is 2.32. The first-order valence-corrected chi connectivity index (χ1v) is 10.7. The van der Waals surface area contributed by atoms with Gasteiger partial charge >= 0.3 is 6.09 Å². The Morgan fingerprint density at radius 2 is 1.97 bits per heavy atom.